The second-order valence-electron chi connectivity index (χ2n) is 5.79. The van der Waals surface area contributed by atoms with E-state index in [1.54, 1.807) is 41.3 Å². The Hall–Kier alpha value is -2.70. The van der Waals surface area contributed by atoms with Gasteiger partial charge in [-0.25, -0.2) is 4.68 Å². The summed E-state index contributed by atoms with van der Waals surface area (Å²) < 4.78 is 1.69. The van der Waals surface area contributed by atoms with Gasteiger partial charge in [0.15, 0.2) is 5.82 Å². The lowest BCUT2D eigenvalue weighted by Gasteiger charge is -2.18. The normalized spacial score (nSPS) is 13.3. The van der Waals surface area contributed by atoms with Crippen molar-refractivity contribution in [2.24, 2.45) is 0 Å². The summed E-state index contributed by atoms with van der Waals surface area (Å²) in [7, 11) is 0. The van der Waals surface area contributed by atoms with Crippen molar-refractivity contribution in [3.05, 3.63) is 70.6 Å². The average molecular weight is 354 g/mol. The van der Waals surface area contributed by atoms with Crippen LogP contribution < -0.4 is 10.6 Å². The molecule has 3 heterocycles. The fraction of sp³-hybridized carbons (Fsp3) is 0.167. The molecule has 4 rings (SSSR count). The van der Waals surface area contributed by atoms with Gasteiger partial charge in [0, 0.05) is 59.8 Å². The van der Waals surface area contributed by atoms with Crippen LogP contribution >= 0.6 is 11.6 Å². The van der Waals surface area contributed by atoms with E-state index < -0.39 is 0 Å². The monoisotopic (exact) mass is 353 g/mol. The maximum absolute atomic E-state index is 12.6. The number of hydrogen-bond donors (Lipinski definition) is 2. The molecule has 2 N–H and O–H groups in total. The van der Waals surface area contributed by atoms with Crippen molar-refractivity contribution in [3.8, 4) is 5.69 Å². The molecule has 0 aliphatic carbocycles. The second kappa shape index (κ2) is 6.66. The Kier molecular flexibility index (Phi) is 4.21. The molecule has 25 heavy (non-hydrogen) atoms. The van der Waals surface area contributed by atoms with Crippen LogP contribution in [0.3, 0.4) is 0 Å². The van der Waals surface area contributed by atoms with Gasteiger partial charge in [-0.15, -0.1) is 0 Å². The van der Waals surface area contributed by atoms with Gasteiger partial charge in [0.2, 0.25) is 0 Å². The predicted octanol–water partition coefficient (Wildman–Crippen LogP) is 2.82. The zero-order valence-corrected chi connectivity index (χ0v) is 14.1. The summed E-state index contributed by atoms with van der Waals surface area (Å²) in [4.78, 5) is 17.0. The summed E-state index contributed by atoms with van der Waals surface area (Å²) in [6.45, 7) is 1.54. The highest BCUT2D eigenvalue weighted by molar-refractivity contribution is 6.30. The van der Waals surface area contributed by atoms with Crippen molar-refractivity contribution in [2.45, 2.75) is 13.0 Å². The van der Waals surface area contributed by atoms with E-state index in [0.717, 1.165) is 29.9 Å². The molecule has 0 unspecified atom stereocenters. The molecule has 0 saturated carbocycles. The quantitative estimate of drug-likeness (QED) is 0.759. The number of carbonyl (C=O) groups excluding carboxylic acids is 1. The highest BCUT2D eigenvalue weighted by Gasteiger charge is 2.19. The van der Waals surface area contributed by atoms with E-state index in [1.807, 2.05) is 12.1 Å². The number of nitrogens with one attached hydrogen (secondary N) is 2. The van der Waals surface area contributed by atoms with Crippen LogP contribution in [0.5, 0.6) is 0 Å². The summed E-state index contributed by atoms with van der Waals surface area (Å²) in [5.74, 6) is 0.318. The summed E-state index contributed by atoms with van der Waals surface area (Å²) in [6.07, 6.45) is 4.31. The minimum atomic E-state index is -0.177. The van der Waals surface area contributed by atoms with Crippen LogP contribution in [0, 0.1) is 0 Å². The van der Waals surface area contributed by atoms with Gasteiger partial charge >= 0.3 is 0 Å². The van der Waals surface area contributed by atoms with E-state index in [9.17, 15) is 4.79 Å². The van der Waals surface area contributed by atoms with Crippen LogP contribution in [0.1, 0.15) is 21.6 Å². The van der Waals surface area contributed by atoms with Gasteiger partial charge in [0.05, 0.1) is 5.69 Å². The average Bonchev–Trinajstić information content (AvgIpc) is 3.10. The first-order chi connectivity index (χ1) is 12.2. The Balaban J connectivity index is 1.55. The third kappa shape index (κ3) is 3.26. The Morgan fingerprint density at radius 2 is 2.04 bits per heavy atom. The minimum Gasteiger partial charge on any atom is -0.312 e. The molecule has 0 bridgehead atoms. The molecule has 2 aromatic heterocycles. The van der Waals surface area contributed by atoms with E-state index in [4.69, 9.17) is 11.6 Å². The van der Waals surface area contributed by atoms with Crippen LogP contribution in [-0.2, 0) is 13.0 Å². The van der Waals surface area contributed by atoms with Crippen molar-refractivity contribution in [3.63, 3.8) is 0 Å². The lowest BCUT2D eigenvalue weighted by molar-refractivity contribution is 0.102. The van der Waals surface area contributed by atoms with E-state index in [1.165, 1.54) is 0 Å². The highest BCUT2D eigenvalue weighted by Crippen LogP contribution is 2.18. The van der Waals surface area contributed by atoms with Gasteiger partial charge in [-0.2, -0.15) is 5.10 Å². The Bertz CT molecular complexity index is 919. The molecule has 1 amide bonds. The van der Waals surface area contributed by atoms with Gasteiger partial charge < -0.3 is 10.6 Å². The number of benzene rings is 1. The molecule has 0 fully saturated rings. The van der Waals surface area contributed by atoms with Crippen LogP contribution in [0.2, 0.25) is 5.02 Å². The smallest absolute Gasteiger partial charge is 0.257 e. The molecule has 0 saturated heterocycles. The summed E-state index contributed by atoms with van der Waals surface area (Å²) in [6, 6.07) is 10.8. The summed E-state index contributed by atoms with van der Waals surface area (Å²) in [5.41, 5.74) is 3.45. The summed E-state index contributed by atoms with van der Waals surface area (Å²) >= 11 is 5.90. The molecule has 6 nitrogen and oxygen atoms in total. The lowest BCUT2D eigenvalue weighted by Crippen LogP contribution is -2.28. The molecule has 0 atom stereocenters. The Morgan fingerprint density at radius 1 is 1.20 bits per heavy atom. The number of nitrogens with zero attached hydrogens (tertiary/aromatic N) is 3. The van der Waals surface area contributed by atoms with Gasteiger partial charge in [0.25, 0.3) is 5.91 Å². The van der Waals surface area contributed by atoms with Crippen molar-refractivity contribution in [2.75, 3.05) is 11.9 Å². The maximum Gasteiger partial charge on any atom is 0.257 e. The highest BCUT2D eigenvalue weighted by atomic mass is 35.5. The molecule has 126 valence electrons. The van der Waals surface area contributed by atoms with E-state index >= 15 is 0 Å². The first-order valence-electron chi connectivity index (χ1n) is 8.01. The molecular formula is C18H16ClN5O. The molecule has 1 aromatic carbocycles. The molecule has 3 aromatic rings. The predicted molar refractivity (Wildman–Crippen MR) is 96.2 cm³/mol. The van der Waals surface area contributed by atoms with Gasteiger partial charge in [-0.05, 0) is 30.3 Å². The van der Waals surface area contributed by atoms with Crippen LogP contribution in [-0.4, -0.2) is 27.2 Å². The fourth-order valence-corrected chi connectivity index (χ4v) is 3.02. The van der Waals surface area contributed by atoms with Gasteiger partial charge in [-0.1, -0.05) is 11.6 Å². The number of aromatic nitrogens is 3. The zero-order chi connectivity index (χ0) is 17.2. The number of halogens is 1. The molecule has 0 spiro atoms. The number of hydrogen-bond acceptors (Lipinski definition) is 4. The van der Waals surface area contributed by atoms with Crippen LogP contribution in [0.15, 0.2) is 48.8 Å². The van der Waals surface area contributed by atoms with Crippen molar-refractivity contribution >= 4 is 23.3 Å². The third-order valence-corrected chi connectivity index (χ3v) is 4.40. The number of carbonyl (C=O) groups is 1. The molecule has 7 heteroatoms. The van der Waals surface area contributed by atoms with Crippen molar-refractivity contribution in [1.82, 2.24) is 20.1 Å². The number of amides is 1. The van der Waals surface area contributed by atoms with Crippen LogP contribution in [0.4, 0.5) is 5.82 Å². The van der Waals surface area contributed by atoms with E-state index in [-0.39, 0.29) is 5.91 Å². The maximum atomic E-state index is 12.6. The number of fused-ring (bicyclic) bond motifs is 1. The van der Waals surface area contributed by atoms with Crippen molar-refractivity contribution in [1.29, 1.82) is 0 Å². The van der Waals surface area contributed by atoms with Crippen molar-refractivity contribution < 1.29 is 4.79 Å². The Labute approximate surface area is 149 Å². The first-order valence-corrected chi connectivity index (χ1v) is 8.39. The Morgan fingerprint density at radius 3 is 2.88 bits per heavy atom. The van der Waals surface area contributed by atoms with Gasteiger partial charge in [0.1, 0.15) is 0 Å². The first kappa shape index (κ1) is 15.8. The lowest BCUT2D eigenvalue weighted by atomic mass is 10.0. The molecular weight excluding hydrogens is 338 g/mol. The number of rotatable bonds is 3. The van der Waals surface area contributed by atoms with Gasteiger partial charge in [-0.3, -0.25) is 9.78 Å². The SMILES string of the molecule is O=C(Nc1ccn(-c2ccc(Cl)cc2)n1)c1ccnc2c1CNCC2. The topological polar surface area (TPSA) is 71.8 Å². The molecule has 0 radical (unpaired) electrons. The summed E-state index contributed by atoms with van der Waals surface area (Å²) in [5, 5.41) is 11.2. The standard InChI is InChI=1S/C18H16ClN5O/c19-12-1-3-13(4-2-12)24-10-7-17(23-24)22-18(25)14-5-9-21-16-6-8-20-11-15(14)16/h1-5,7,9-10,20H,6,8,11H2,(H,22,23,25). The van der Waals surface area contributed by atoms with Crippen LogP contribution in [0.25, 0.3) is 5.69 Å². The second-order valence-corrected chi connectivity index (χ2v) is 6.22. The number of pyridine rings is 1. The fourth-order valence-electron chi connectivity index (χ4n) is 2.89. The third-order valence-electron chi connectivity index (χ3n) is 4.15. The van der Waals surface area contributed by atoms with E-state index in [0.29, 0.717) is 22.9 Å². The minimum absolute atomic E-state index is 0.177. The van der Waals surface area contributed by atoms with E-state index in [2.05, 4.69) is 20.7 Å². The largest absolute Gasteiger partial charge is 0.312 e. The zero-order valence-electron chi connectivity index (χ0n) is 13.4. The number of anilines is 1. The molecule has 1 aliphatic heterocycles. The molecule has 1 aliphatic rings.